The van der Waals surface area contributed by atoms with Gasteiger partial charge in [0.2, 0.25) is 0 Å². The summed E-state index contributed by atoms with van der Waals surface area (Å²) >= 11 is 7.79. The number of carbonyl (C=O) groups is 1. The third-order valence-corrected chi connectivity index (χ3v) is 3.58. The first kappa shape index (κ1) is 13.2. The molecule has 2 aromatic carbocycles. The van der Waals surface area contributed by atoms with E-state index in [0.717, 1.165) is 3.57 Å². The van der Waals surface area contributed by atoms with Crippen molar-refractivity contribution in [3.63, 3.8) is 0 Å². The van der Waals surface area contributed by atoms with Crippen molar-refractivity contribution in [2.45, 2.75) is 0 Å². The minimum atomic E-state index is -0.221. The first-order valence-corrected chi connectivity index (χ1v) is 6.58. The fourth-order valence-electron chi connectivity index (χ4n) is 1.43. The summed E-state index contributed by atoms with van der Waals surface area (Å²) in [5.41, 5.74) is 1.09. The molecule has 92 valence electrons. The zero-order chi connectivity index (χ0) is 13.1. The monoisotopic (exact) mass is 373 g/mol. The Morgan fingerprint density at radius 2 is 1.94 bits per heavy atom. The number of amides is 1. The van der Waals surface area contributed by atoms with Gasteiger partial charge < -0.3 is 10.4 Å². The Hall–Kier alpha value is -1.27. The van der Waals surface area contributed by atoms with Gasteiger partial charge >= 0.3 is 0 Å². The maximum atomic E-state index is 12.0. The first-order valence-electron chi connectivity index (χ1n) is 5.12. The van der Waals surface area contributed by atoms with E-state index in [1.54, 1.807) is 18.2 Å². The van der Waals surface area contributed by atoms with Crippen LogP contribution in [0.3, 0.4) is 0 Å². The predicted molar refractivity (Wildman–Crippen MR) is 80.2 cm³/mol. The number of rotatable bonds is 2. The molecule has 0 bridgehead atoms. The zero-order valence-electron chi connectivity index (χ0n) is 9.15. The second-order valence-corrected chi connectivity index (χ2v) is 5.17. The molecule has 0 radical (unpaired) electrons. The van der Waals surface area contributed by atoms with Crippen molar-refractivity contribution in [3.8, 4) is 5.75 Å². The van der Waals surface area contributed by atoms with Crippen LogP contribution in [0.1, 0.15) is 10.4 Å². The summed E-state index contributed by atoms with van der Waals surface area (Å²) in [6, 6.07) is 11.8. The minimum absolute atomic E-state index is 0.0581. The highest BCUT2D eigenvalue weighted by molar-refractivity contribution is 14.1. The standard InChI is InChI=1S/C13H9ClINO2/c14-10-6-5-8(7-12(10)17)16-13(18)9-3-1-2-4-11(9)15/h1-7,17H,(H,16,18). The van der Waals surface area contributed by atoms with Crippen molar-refractivity contribution in [1.29, 1.82) is 0 Å². The Balaban J connectivity index is 2.22. The summed E-state index contributed by atoms with van der Waals surface area (Å²) in [7, 11) is 0. The van der Waals surface area contributed by atoms with Crippen molar-refractivity contribution >= 4 is 45.8 Å². The molecular formula is C13H9ClINO2. The smallest absolute Gasteiger partial charge is 0.256 e. The topological polar surface area (TPSA) is 49.3 Å². The summed E-state index contributed by atoms with van der Waals surface area (Å²) in [4.78, 5) is 12.0. The number of phenols is 1. The van der Waals surface area contributed by atoms with E-state index < -0.39 is 0 Å². The number of phenolic OH excluding ortho intramolecular Hbond substituents is 1. The molecule has 0 unspecified atom stereocenters. The summed E-state index contributed by atoms with van der Waals surface area (Å²) in [5.74, 6) is -0.279. The summed E-state index contributed by atoms with van der Waals surface area (Å²) in [6.07, 6.45) is 0. The van der Waals surface area contributed by atoms with Gasteiger partial charge in [-0.15, -0.1) is 0 Å². The van der Waals surface area contributed by atoms with Crippen molar-refractivity contribution in [2.24, 2.45) is 0 Å². The molecule has 0 saturated heterocycles. The van der Waals surface area contributed by atoms with Crippen LogP contribution in [-0.4, -0.2) is 11.0 Å². The molecule has 3 nitrogen and oxygen atoms in total. The largest absolute Gasteiger partial charge is 0.506 e. The van der Waals surface area contributed by atoms with Gasteiger partial charge in [-0.25, -0.2) is 0 Å². The number of carbonyl (C=O) groups excluding carboxylic acids is 1. The van der Waals surface area contributed by atoms with Crippen LogP contribution in [0.15, 0.2) is 42.5 Å². The fraction of sp³-hybridized carbons (Fsp3) is 0. The SMILES string of the molecule is O=C(Nc1ccc(Cl)c(O)c1)c1ccccc1I. The molecule has 0 spiro atoms. The van der Waals surface area contributed by atoms with Crippen LogP contribution in [0.2, 0.25) is 5.02 Å². The molecule has 0 aliphatic carbocycles. The maximum absolute atomic E-state index is 12.0. The minimum Gasteiger partial charge on any atom is -0.506 e. The molecule has 0 aromatic heterocycles. The summed E-state index contributed by atoms with van der Waals surface area (Å²) in [6.45, 7) is 0. The Morgan fingerprint density at radius 1 is 1.22 bits per heavy atom. The predicted octanol–water partition coefficient (Wildman–Crippen LogP) is 3.90. The lowest BCUT2D eigenvalue weighted by molar-refractivity contribution is 0.102. The van der Waals surface area contributed by atoms with Gasteiger partial charge in [0.15, 0.2) is 0 Å². The zero-order valence-corrected chi connectivity index (χ0v) is 12.1. The quantitative estimate of drug-likeness (QED) is 0.784. The Kier molecular flexibility index (Phi) is 4.08. The van der Waals surface area contributed by atoms with E-state index in [-0.39, 0.29) is 16.7 Å². The van der Waals surface area contributed by atoms with E-state index in [0.29, 0.717) is 11.3 Å². The van der Waals surface area contributed by atoms with Gasteiger partial charge in [0, 0.05) is 15.3 Å². The van der Waals surface area contributed by atoms with Crippen LogP contribution in [0, 0.1) is 3.57 Å². The van der Waals surface area contributed by atoms with Gasteiger partial charge in [-0.3, -0.25) is 4.79 Å². The third kappa shape index (κ3) is 2.94. The molecule has 2 N–H and O–H groups in total. The maximum Gasteiger partial charge on any atom is 0.256 e. The Bertz CT molecular complexity index is 601. The van der Waals surface area contributed by atoms with E-state index >= 15 is 0 Å². The van der Waals surface area contributed by atoms with Gasteiger partial charge in [0.1, 0.15) is 5.75 Å². The number of nitrogens with one attached hydrogen (secondary N) is 1. The third-order valence-electron chi connectivity index (χ3n) is 2.32. The number of halogens is 2. The van der Waals surface area contributed by atoms with Crippen LogP contribution >= 0.6 is 34.2 Å². The fourth-order valence-corrected chi connectivity index (χ4v) is 2.18. The number of hydrogen-bond donors (Lipinski definition) is 2. The lowest BCUT2D eigenvalue weighted by atomic mass is 10.2. The molecule has 2 aromatic rings. The Labute approximate surface area is 123 Å². The molecule has 1 amide bonds. The van der Waals surface area contributed by atoms with Crippen LogP contribution in [0.5, 0.6) is 5.75 Å². The molecule has 18 heavy (non-hydrogen) atoms. The van der Waals surface area contributed by atoms with E-state index in [4.69, 9.17) is 11.6 Å². The second kappa shape index (κ2) is 5.58. The molecule has 0 heterocycles. The molecular weight excluding hydrogens is 365 g/mol. The van der Waals surface area contributed by atoms with Gasteiger partial charge in [0.05, 0.1) is 10.6 Å². The average molecular weight is 374 g/mol. The van der Waals surface area contributed by atoms with Crippen LogP contribution in [0.4, 0.5) is 5.69 Å². The number of hydrogen-bond acceptors (Lipinski definition) is 2. The average Bonchev–Trinajstić information content (AvgIpc) is 2.34. The number of benzene rings is 2. The lowest BCUT2D eigenvalue weighted by Crippen LogP contribution is -2.13. The van der Waals surface area contributed by atoms with Crippen molar-refractivity contribution < 1.29 is 9.90 Å². The van der Waals surface area contributed by atoms with Crippen LogP contribution in [-0.2, 0) is 0 Å². The second-order valence-electron chi connectivity index (χ2n) is 3.60. The highest BCUT2D eigenvalue weighted by Gasteiger charge is 2.10. The van der Waals surface area contributed by atoms with Gasteiger partial charge in [0.25, 0.3) is 5.91 Å². The van der Waals surface area contributed by atoms with Gasteiger partial charge in [-0.05, 0) is 46.9 Å². The number of anilines is 1. The van der Waals surface area contributed by atoms with E-state index in [1.807, 2.05) is 12.1 Å². The van der Waals surface area contributed by atoms with Crippen molar-refractivity contribution in [3.05, 3.63) is 56.6 Å². The highest BCUT2D eigenvalue weighted by atomic mass is 127. The highest BCUT2D eigenvalue weighted by Crippen LogP contribution is 2.26. The van der Waals surface area contributed by atoms with E-state index in [1.165, 1.54) is 12.1 Å². The molecule has 0 aliphatic rings. The lowest BCUT2D eigenvalue weighted by Gasteiger charge is -2.07. The van der Waals surface area contributed by atoms with Crippen LogP contribution in [0.25, 0.3) is 0 Å². The number of aromatic hydroxyl groups is 1. The Morgan fingerprint density at radius 3 is 2.61 bits per heavy atom. The van der Waals surface area contributed by atoms with E-state index in [9.17, 15) is 9.90 Å². The first-order chi connectivity index (χ1) is 8.58. The van der Waals surface area contributed by atoms with Crippen molar-refractivity contribution in [1.82, 2.24) is 0 Å². The van der Waals surface area contributed by atoms with Crippen LogP contribution < -0.4 is 5.32 Å². The summed E-state index contributed by atoms with van der Waals surface area (Å²) < 4.78 is 0.866. The van der Waals surface area contributed by atoms with Crippen molar-refractivity contribution in [2.75, 3.05) is 5.32 Å². The van der Waals surface area contributed by atoms with Gasteiger partial charge in [-0.2, -0.15) is 0 Å². The molecule has 0 aliphatic heterocycles. The molecule has 0 fully saturated rings. The molecule has 0 atom stereocenters. The normalized spacial score (nSPS) is 10.1. The van der Waals surface area contributed by atoms with Gasteiger partial charge in [-0.1, -0.05) is 23.7 Å². The molecule has 0 saturated carbocycles. The molecule has 2 rings (SSSR count). The molecule has 5 heteroatoms. The summed E-state index contributed by atoms with van der Waals surface area (Å²) in [5, 5.41) is 12.4. The van der Waals surface area contributed by atoms with E-state index in [2.05, 4.69) is 27.9 Å².